The van der Waals surface area contributed by atoms with E-state index in [2.05, 4.69) is 0 Å². The Labute approximate surface area is 63.8 Å². The lowest BCUT2D eigenvalue weighted by atomic mass is 10.5. The van der Waals surface area contributed by atoms with Crippen LogP contribution < -0.4 is 5.73 Å². The van der Waals surface area contributed by atoms with Crippen molar-refractivity contribution in [2.75, 3.05) is 6.54 Å². The van der Waals surface area contributed by atoms with Gasteiger partial charge in [-0.25, -0.2) is 0 Å². The largest absolute Gasteiger partial charge is 0.329 e. The molecule has 0 radical (unpaired) electrons. The van der Waals surface area contributed by atoms with Gasteiger partial charge in [-0.1, -0.05) is 18.7 Å². The summed E-state index contributed by atoms with van der Waals surface area (Å²) in [5.41, 5.74) is 5.07. The molecule has 0 aromatic rings. The Morgan fingerprint density at radius 3 is 2.11 bits per heavy atom. The van der Waals surface area contributed by atoms with E-state index in [9.17, 15) is 8.78 Å². The molecule has 58 valence electrons. The number of halogens is 3. The van der Waals surface area contributed by atoms with Crippen molar-refractivity contribution in [1.82, 2.24) is 0 Å². The molecule has 0 aromatic carbocycles. The van der Waals surface area contributed by atoms with Crippen molar-refractivity contribution in [1.29, 1.82) is 0 Å². The number of hydrogen-bond donors (Lipinski definition) is 1. The summed E-state index contributed by atoms with van der Waals surface area (Å²) in [6.07, 6.45) is 0. The van der Waals surface area contributed by atoms with Crippen LogP contribution in [0.4, 0.5) is 8.78 Å². The highest BCUT2D eigenvalue weighted by molar-refractivity contribution is 8.00. The lowest BCUT2D eigenvalue weighted by Gasteiger charge is -2.04. The molecule has 1 atom stereocenters. The van der Waals surface area contributed by atoms with Gasteiger partial charge in [-0.05, 0) is 0 Å². The lowest BCUT2D eigenvalue weighted by Crippen LogP contribution is -2.13. The molecule has 0 aliphatic heterocycles. The third-order valence-electron chi connectivity index (χ3n) is 0.667. The van der Waals surface area contributed by atoms with E-state index in [-0.39, 0.29) is 17.7 Å². The van der Waals surface area contributed by atoms with Crippen LogP contribution in [0.3, 0.4) is 0 Å². The van der Waals surface area contributed by atoms with E-state index >= 15 is 0 Å². The predicted octanol–water partition coefficient (Wildman–Crippen LogP) is 1.71. The first-order valence-electron chi connectivity index (χ1n) is 2.30. The second-order valence-corrected chi connectivity index (χ2v) is 2.88. The van der Waals surface area contributed by atoms with E-state index in [1.807, 2.05) is 0 Å². The second-order valence-electron chi connectivity index (χ2n) is 1.44. The SMILES string of the molecule is C[C@@H](CN)SC(F)F.Cl. The van der Waals surface area contributed by atoms with Crippen LogP contribution in [-0.2, 0) is 0 Å². The molecule has 2 N–H and O–H groups in total. The van der Waals surface area contributed by atoms with Gasteiger partial charge in [0.1, 0.15) is 0 Å². The summed E-state index contributed by atoms with van der Waals surface area (Å²) in [5.74, 6) is -2.28. The van der Waals surface area contributed by atoms with Crippen LogP contribution >= 0.6 is 24.2 Å². The highest BCUT2D eigenvalue weighted by atomic mass is 35.5. The van der Waals surface area contributed by atoms with E-state index in [0.717, 1.165) is 0 Å². The molecule has 0 saturated heterocycles. The summed E-state index contributed by atoms with van der Waals surface area (Å²) in [6, 6.07) is 0. The Morgan fingerprint density at radius 1 is 1.56 bits per heavy atom. The minimum atomic E-state index is -2.28. The molecule has 0 bridgehead atoms. The predicted molar refractivity (Wildman–Crippen MR) is 39.4 cm³/mol. The van der Waals surface area contributed by atoms with Gasteiger partial charge in [-0.15, -0.1) is 12.4 Å². The molecule has 0 aliphatic rings. The van der Waals surface area contributed by atoms with Gasteiger partial charge in [0.2, 0.25) is 0 Å². The van der Waals surface area contributed by atoms with Crippen molar-refractivity contribution in [3.63, 3.8) is 0 Å². The minimum Gasteiger partial charge on any atom is -0.329 e. The van der Waals surface area contributed by atoms with Gasteiger partial charge in [-0.3, -0.25) is 0 Å². The van der Waals surface area contributed by atoms with Gasteiger partial charge >= 0.3 is 0 Å². The van der Waals surface area contributed by atoms with Crippen LogP contribution in [0.2, 0.25) is 0 Å². The first-order valence-corrected chi connectivity index (χ1v) is 3.24. The van der Waals surface area contributed by atoms with Crippen LogP contribution in [0, 0.1) is 0 Å². The van der Waals surface area contributed by atoms with Gasteiger partial charge < -0.3 is 5.73 Å². The average Bonchev–Trinajstić information content (AvgIpc) is 1.65. The van der Waals surface area contributed by atoms with Gasteiger partial charge in [-0.2, -0.15) is 8.78 Å². The summed E-state index contributed by atoms with van der Waals surface area (Å²) in [4.78, 5) is 0. The molecule has 0 unspecified atom stereocenters. The van der Waals surface area contributed by atoms with Gasteiger partial charge in [0.15, 0.2) is 0 Å². The third-order valence-corrected chi connectivity index (χ3v) is 1.53. The van der Waals surface area contributed by atoms with E-state index in [0.29, 0.717) is 18.3 Å². The molecular formula is C4H10ClF2NS. The zero-order valence-corrected chi connectivity index (χ0v) is 6.64. The molecule has 0 rings (SSSR count). The van der Waals surface area contributed by atoms with Crippen LogP contribution in [0.1, 0.15) is 6.92 Å². The topological polar surface area (TPSA) is 26.0 Å². The normalized spacial score (nSPS) is 13.0. The van der Waals surface area contributed by atoms with Crippen molar-refractivity contribution in [2.24, 2.45) is 5.73 Å². The zero-order valence-electron chi connectivity index (χ0n) is 5.01. The minimum absolute atomic E-state index is 0. The summed E-state index contributed by atoms with van der Waals surface area (Å²) >= 11 is 0.596. The fourth-order valence-corrected chi connectivity index (χ4v) is 0.693. The molecule has 1 nitrogen and oxygen atoms in total. The molecule has 5 heteroatoms. The molecule has 0 aromatic heterocycles. The Kier molecular flexibility index (Phi) is 8.89. The van der Waals surface area contributed by atoms with Crippen molar-refractivity contribution in [2.45, 2.75) is 17.9 Å². The molecule has 9 heavy (non-hydrogen) atoms. The average molecular weight is 178 g/mol. The number of nitrogens with two attached hydrogens (primary N) is 1. The molecule has 0 heterocycles. The smallest absolute Gasteiger partial charge is 0.284 e. The first-order chi connectivity index (χ1) is 3.66. The fourth-order valence-electron chi connectivity index (χ4n) is 0.231. The number of alkyl halides is 2. The van der Waals surface area contributed by atoms with E-state index in [1.54, 1.807) is 6.92 Å². The molecule has 0 amide bonds. The van der Waals surface area contributed by atoms with Gasteiger partial charge in [0, 0.05) is 11.8 Å². The number of thioether (sulfide) groups is 1. The Bertz CT molecular complexity index is 64.5. The van der Waals surface area contributed by atoms with E-state index in [4.69, 9.17) is 5.73 Å². The van der Waals surface area contributed by atoms with Crippen LogP contribution in [-0.4, -0.2) is 17.6 Å². The van der Waals surface area contributed by atoms with Gasteiger partial charge in [0.25, 0.3) is 5.76 Å². The summed E-state index contributed by atoms with van der Waals surface area (Å²) in [7, 11) is 0. The highest BCUT2D eigenvalue weighted by Gasteiger charge is 2.07. The summed E-state index contributed by atoms with van der Waals surface area (Å²) < 4.78 is 22.8. The molecule has 0 aliphatic carbocycles. The van der Waals surface area contributed by atoms with E-state index in [1.165, 1.54) is 0 Å². The van der Waals surface area contributed by atoms with Crippen molar-refractivity contribution in [3.8, 4) is 0 Å². The maximum atomic E-state index is 11.4. The highest BCUT2D eigenvalue weighted by Crippen LogP contribution is 2.18. The zero-order chi connectivity index (χ0) is 6.57. The van der Waals surface area contributed by atoms with Crippen LogP contribution in [0.25, 0.3) is 0 Å². The molecular weight excluding hydrogens is 168 g/mol. The van der Waals surface area contributed by atoms with Gasteiger partial charge in [0.05, 0.1) is 0 Å². The maximum Gasteiger partial charge on any atom is 0.284 e. The Balaban J connectivity index is 0. The first kappa shape index (κ1) is 12.2. The second kappa shape index (κ2) is 6.58. The van der Waals surface area contributed by atoms with Crippen LogP contribution in [0.15, 0.2) is 0 Å². The third kappa shape index (κ3) is 8.46. The van der Waals surface area contributed by atoms with Crippen LogP contribution in [0.5, 0.6) is 0 Å². The van der Waals surface area contributed by atoms with Crippen molar-refractivity contribution < 1.29 is 8.78 Å². The van der Waals surface area contributed by atoms with Crippen molar-refractivity contribution >= 4 is 24.2 Å². The monoisotopic (exact) mass is 177 g/mol. The Hall–Kier alpha value is 0.460. The molecule has 0 saturated carbocycles. The summed E-state index contributed by atoms with van der Waals surface area (Å²) in [5, 5.41) is -0.130. The maximum absolute atomic E-state index is 11.4. The quantitative estimate of drug-likeness (QED) is 0.711. The number of hydrogen-bond acceptors (Lipinski definition) is 2. The van der Waals surface area contributed by atoms with E-state index < -0.39 is 5.76 Å². The number of rotatable bonds is 3. The fraction of sp³-hybridized carbons (Fsp3) is 1.00. The standard InChI is InChI=1S/C4H9F2NS.ClH/c1-3(2-7)8-4(5)6;/h3-4H,2,7H2,1H3;1H/t3-;/m0./s1. The summed E-state index contributed by atoms with van der Waals surface area (Å²) in [6.45, 7) is 1.99. The lowest BCUT2D eigenvalue weighted by molar-refractivity contribution is 0.251. The molecule has 0 fully saturated rings. The van der Waals surface area contributed by atoms with Crippen molar-refractivity contribution in [3.05, 3.63) is 0 Å². The molecule has 0 spiro atoms. The Morgan fingerprint density at radius 2 is 2.00 bits per heavy atom.